The largest absolute Gasteiger partial charge is 0.497 e. The van der Waals surface area contributed by atoms with Crippen LogP contribution in [0.1, 0.15) is 24.6 Å². The lowest BCUT2D eigenvalue weighted by atomic mass is 10.1. The molecule has 0 amide bonds. The van der Waals surface area contributed by atoms with Crippen LogP contribution in [-0.2, 0) is 13.0 Å². The van der Waals surface area contributed by atoms with Crippen molar-refractivity contribution >= 4 is 0 Å². The number of H-pyrrole nitrogens is 1. The second-order valence-electron chi connectivity index (χ2n) is 4.75. The number of aryl methyl sites for hydroxylation is 1. The lowest BCUT2D eigenvalue weighted by molar-refractivity contribution is 0.414. The number of ether oxygens (including phenoxy) is 1. The number of aromatic nitrogens is 2. The van der Waals surface area contributed by atoms with E-state index in [0.717, 1.165) is 30.8 Å². The third-order valence-electron chi connectivity index (χ3n) is 3.22. The van der Waals surface area contributed by atoms with E-state index in [2.05, 4.69) is 34.6 Å². The number of rotatable bonds is 7. The summed E-state index contributed by atoms with van der Waals surface area (Å²) in [5, 5.41) is 10.4. The highest BCUT2D eigenvalue weighted by Crippen LogP contribution is 2.13. The Hall–Kier alpha value is -1.81. The molecule has 1 aromatic heterocycles. The second kappa shape index (κ2) is 6.95. The first-order valence-corrected chi connectivity index (χ1v) is 6.62. The number of hydrogen-bond acceptors (Lipinski definition) is 3. The number of nitrogens with one attached hydrogen (secondary N) is 2. The molecule has 0 aliphatic rings. The van der Waals surface area contributed by atoms with E-state index in [9.17, 15) is 0 Å². The van der Waals surface area contributed by atoms with Crippen molar-refractivity contribution in [2.24, 2.45) is 0 Å². The summed E-state index contributed by atoms with van der Waals surface area (Å²) in [6.07, 6.45) is 3.96. The van der Waals surface area contributed by atoms with Crippen molar-refractivity contribution in [2.75, 3.05) is 7.11 Å². The van der Waals surface area contributed by atoms with E-state index >= 15 is 0 Å². The normalized spacial score (nSPS) is 12.3. The van der Waals surface area contributed by atoms with Crippen LogP contribution in [0, 0.1) is 0 Å². The van der Waals surface area contributed by atoms with Crippen LogP contribution in [0.5, 0.6) is 5.75 Å². The van der Waals surface area contributed by atoms with E-state index in [1.54, 1.807) is 13.3 Å². The molecule has 19 heavy (non-hydrogen) atoms. The molecule has 4 nitrogen and oxygen atoms in total. The average molecular weight is 259 g/mol. The van der Waals surface area contributed by atoms with Gasteiger partial charge in [0.2, 0.25) is 0 Å². The Bertz CT molecular complexity index is 465. The van der Waals surface area contributed by atoms with Crippen molar-refractivity contribution in [2.45, 2.75) is 32.4 Å². The highest BCUT2D eigenvalue weighted by atomic mass is 16.5. The fourth-order valence-electron chi connectivity index (χ4n) is 1.94. The fourth-order valence-corrected chi connectivity index (χ4v) is 1.94. The molecule has 0 radical (unpaired) electrons. The molecule has 1 aromatic carbocycles. The van der Waals surface area contributed by atoms with Gasteiger partial charge in [0.15, 0.2) is 0 Å². The van der Waals surface area contributed by atoms with Gasteiger partial charge >= 0.3 is 0 Å². The maximum absolute atomic E-state index is 5.15. The minimum Gasteiger partial charge on any atom is -0.497 e. The predicted octanol–water partition coefficient (Wildman–Crippen LogP) is 2.53. The molecule has 0 aliphatic carbocycles. The third kappa shape index (κ3) is 4.41. The summed E-state index contributed by atoms with van der Waals surface area (Å²) in [4.78, 5) is 0. The Morgan fingerprint density at radius 1 is 1.26 bits per heavy atom. The Kier molecular flexibility index (Phi) is 4.98. The van der Waals surface area contributed by atoms with Crippen molar-refractivity contribution in [3.8, 4) is 5.75 Å². The molecule has 0 saturated carbocycles. The zero-order valence-electron chi connectivity index (χ0n) is 11.5. The summed E-state index contributed by atoms with van der Waals surface area (Å²) in [5.74, 6) is 0.911. The van der Waals surface area contributed by atoms with E-state index in [1.165, 1.54) is 5.56 Å². The van der Waals surface area contributed by atoms with E-state index in [-0.39, 0.29) is 0 Å². The molecular weight excluding hydrogens is 238 g/mol. The minimum atomic E-state index is 0.477. The molecular formula is C15H21N3O. The molecule has 2 N–H and O–H groups in total. The van der Waals surface area contributed by atoms with Gasteiger partial charge in [0.25, 0.3) is 0 Å². The number of nitrogens with zero attached hydrogens (tertiary/aromatic N) is 1. The van der Waals surface area contributed by atoms with Gasteiger partial charge in [-0.05, 0) is 43.5 Å². The molecule has 0 aliphatic heterocycles. The third-order valence-corrected chi connectivity index (χ3v) is 3.22. The zero-order chi connectivity index (χ0) is 13.5. The Morgan fingerprint density at radius 2 is 2.05 bits per heavy atom. The Morgan fingerprint density at radius 3 is 2.68 bits per heavy atom. The standard InChI is InChI=1S/C15H21N3O/c1-12(16-11-14-9-10-17-18-14)3-4-13-5-7-15(19-2)8-6-13/h5-10,12,16H,3-4,11H2,1-2H3,(H,17,18). The zero-order valence-corrected chi connectivity index (χ0v) is 11.5. The molecule has 2 aromatic rings. The van der Waals surface area contributed by atoms with Crippen LogP contribution in [0.3, 0.4) is 0 Å². The monoisotopic (exact) mass is 259 g/mol. The Labute approximate surface area is 114 Å². The van der Waals surface area contributed by atoms with Gasteiger partial charge in [-0.2, -0.15) is 5.10 Å². The molecule has 0 spiro atoms. The second-order valence-corrected chi connectivity index (χ2v) is 4.75. The molecule has 2 rings (SSSR count). The quantitative estimate of drug-likeness (QED) is 0.803. The molecule has 1 heterocycles. The van der Waals surface area contributed by atoms with Crippen LogP contribution in [0.25, 0.3) is 0 Å². The first-order chi connectivity index (χ1) is 9.28. The molecule has 4 heteroatoms. The van der Waals surface area contributed by atoms with E-state index in [0.29, 0.717) is 6.04 Å². The van der Waals surface area contributed by atoms with Crippen LogP contribution in [0.2, 0.25) is 0 Å². The first-order valence-electron chi connectivity index (χ1n) is 6.62. The van der Waals surface area contributed by atoms with Gasteiger partial charge in [0.1, 0.15) is 5.75 Å². The molecule has 0 saturated heterocycles. The van der Waals surface area contributed by atoms with Crippen molar-refractivity contribution in [1.29, 1.82) is 0 Å². The lowest BCUT2D eigenvalue weighted by Crippen LogP contribution is -2.26. The number of methoxy groups -OCH3 is 1. The average Bonchev–Trinajstić information content (AvgIpc) is 2.96. The smallest absolute Gasteiger partial charge is 0.118 e. The van der Waals surface area contributed by atoms with Gasteiger partial charge in [-0.1, -0.05) is 12.1 Å². The van der Waals surface area contributed by atoms with Crippen molar-refractivity contribution < 1.29 is 4.74 Å². The van der Waals surface area contributed by atoms with Crippen LogP contribution in [0.15, 0.2) is 36.5 Å². The molecule has 0 fully saturated rings. The maximum Gasteiger partial charge on any atom is 0.118 e. The molecule has 1 unspecified atom stereocenters. The first kappa shape index (κ1) is 13.6. The number of benzene rings is 1. The van der Waals surface area contributed by atoms with Crippen LogP contribution < -0.4 is 10.1 Å². The van der Waals surface area contributed by atoms with Gasteiger partial charge < -0.3 is 10.1 Å². The lowest BCUT2D eigenvalue weighted by Gasteiger charge is -2.13. The maximum atomic E-state index is 5.15. The summed E-state index contributed by atoms with van der Waals surface area (Å²) < 4.78 is 5.15. The number of aromatic amines is 1. The highest BCUT2D eigenvalue weighted by Gasteiger charge is 2.03. The van der Waals surface area contributed by atoms with Gasteiger partial charge in [-0.15, -0.1) is 0 Å². The number of hydrogen-bond donors (Lipinski definition) is 2. The molecule has 102 valence electrons. The summed E-state index contributed by atoms with van der Waals surface area (Å²) in [5.41, 5.74) is 2.47. The van der Waals surface area contributed by atoms with Crippen molar-refractivity contribution in [3.63, 3.8) is 0 Å². The van der Waals surface area contributed by atoms with Crippen LogP contribution >= 0.6 is 0 Å². The molecule has 1 atom stereocenters. The van der Waals surface area contributed by atoms with E-state index in [1.807, 2.05) is 18.2 Å². The van der Waals surface area contributed by atoms with Crippen molar-refractivity contribution in [3.05, 3.63) is 47.8 Å². The summed E-state index contributed by atoms with van der Waals surface area (Å²) in [6, 6.07) is 10.7. The van der Waals surface area contributed by atoms with Gasteiger partial charge in [-0.25, -0.2) is 0 Å². The molecule has 0 bridgehead atoms. The predicted molar refractivity (Wildman–Crippen MR) is 76.2 cm³/mol. The SMILES string of the molecule is COc1ccc(CCC(C)NCc2ccn[nH]2)cc1. The Balaban J connectivity index is 1.71. The van der Waals surface area contributed by atoms with Crippen LogP contribution in [0.4, 0.5) is 0 Å². The van der Waals surface area contributed by atoms with Crippen LogP contribution in [-0.4, -0.2) is 23.3 Å². The topological polar surface area (TPSA) is 49.9 Å². The summed E-state index contributed by atoms with van der Waals surface area (Å²) in [6.45, 7) is 3.05. The summed E-state index contributed by atoms with van der Waals surface area (Å²) in [7, 11) is 1.69. The highest BCUT2D eigenvalue weighted by molar-refractivity contribution is 5.27. The van der Waals surface area contributed by atoms with E-state index in [4.69, 9.17) is 4.74 Å². The van der Waals surface area contributed by atoms with Gasteiger partial charge in [0.05, 0.1) is 7.11 Å². The fraction of sp³-hybridized carbons (Fsp3) is 0.400. The minimum absolute atomic E-state index is 0.477. The van der Waals surface area contributed by atoms with Gasteiger partial charge in [0, 0.05) is 24.5 Å². The van der Waals surface area contributed by atoms with E-state index < -0.39 is 0 Å². The van der Waals surface area contributed by atoms with Crippen molar-refractivity contribution in [1.82, 2.24) is 15.5 Å². The summed E-state index contributed by atoms with van der Waals surface area (Å²) >= 11 is 0. The van der Waals surface area contributed by atoms with Gasteiger partial charge in [-0.3, -0.25) is 5.10 Å².